The molecule has 2 amide bonds. The Morgan fingerprint density at radius 3 is 2.50 bits per heavy atom. The van der Waals surface area contributed by atoms with Gasteiger partial charge in [-0.25, -0.2) is 4.98 Å². The maximum Gasteiger partial charge on any atom is 0.306 e. The Kier molecular flexibility index (Phi) is 6.01. The highest BCUT2D eigenvalue weighted by atomic mass is 16.6. The Bertz CT molecular complexity index is 731. The van der Waals surface area contributed by atoms with Crippen LogP contribution in [0.4, 0.5) is 5.82 Å². The van der Waals surface area contributed by atoms with Crippen LogP contribution in [0.25, 0.3) is 0 Å². The van der Waals surface area contributed by atoms with Crippen molar-refractivity contribution in [1.29, 1.82) is 0 Å². The molecule has 0 radical (unpaired) electrons. The number of imide groups is 1. The van der Waals surface area contributed by atoms with Gasteiger partial charge in [0.1, 0.15) is 11.4 Å². The largest absolute Gasteiger partial charge is 0.460 e. The third-order valence-corrected chi connectivity index (χ3v) is 5.23. The van der Waals surface area contributed by atoms with Crippen LogP contribution in [-0.2, 0) is 19.1 Å². The summed E-state index contributed by atoms with van der Waals surface area (Å²) in [5.74, 6) is 0.339. The van der Waals surface area contributed by atoms with Crippen molar-refractivity contribution < 1.29 is 19.1 Å². The van der Waals surface area contributed by atoms with E-state index in [1.807, 2.05) is 32.9 Å². The molecule has 0 unspecified atom stereocenters. The standard InChI is InChI=1S/C21H29N3O4/c1-21(2,3)28-19(26)12-14-8-10-24(11-9-14)17-6-4-15(13-22-17)16-5-7-18(25)23-20(16)27/h4,6,13-14,16H,5,7-12H2,1-3H3,(H,23,25,27)/t16-/m1/s1. The van der Waals surface area contributed by atoms with Crippen LogP contribution >= 0.6 is 0 Å². The van der Waals surface area contributed by atoms with Gasteiger partial charge in [-0.05, 0) is 57.6 Å². The Hall–Kier alpha value is -2.44. The van der Waals surface area contributed by atoms with Gasteiger partial charge in [0.2, 0.25) is 11.8 Å². The first-order chi connectivity index (χ1) is 13.2. The predicted octanol–water partition coefficient (Wildman–Crippen LogP) is 2.55. The van der Waals surface area contributed by atoms with Crippen LogP contribution in [0, 0.1) is 5.92 Å². The second-order valence-electron chi connectivity index (χ2n) is 8.67. The molecule has 1 atom stereocenters. The molecule has 1 aromatic rings. The van der Waals surface area contributed by atoms with Gasteiger partial charge in [0, 0.05) is 32.1 Å². The quantitative estimate of drug-likeness (QED) is 0.631. The number of anilines is 1. The number of hydrogen-bond acceptors (Lipinski definition) is 6. The number of carbonyl (C=O) groups is 3. The number of nitrogens with one attached hydrogen (secondary N) is 1. The second-order valence-corrected chi connectivity index (χ2v) is 8.67. The number of nitrogens with zero attached hydrogens (tertiary/aromatic N) is 2. The third kappa shape index (κ3) is 5.30. The van der Waals surface area contributed by atoms with Crippen molar-refractivity contribution in [3.8, 4) is 0 Å². The lowest BCUT2D eigenvalue weighted by atomic mass is 9.91. The molecule has 28 heavy (non-hydrogen) atoms. The predicted molar refractivity (Wildman–Crippen MR) is 105 cm³/mol. The second kappa shape index (κ2) is 8.29. The fourth-order valence-corrected chi connectivity index (χ4v) is 3.79. The molecule has 3 rings (SSSR count). The summed E-state index contributed by atoms with van der Waals surface area (Å²) in [6, 6.07) is 3.86. The highest BCUT2D eigenvalue weighted by Crippen LogP contribution is 2.28. The lowest BCUT2D eigenvalue weighted by molar-refractivity contribution is -0.156. The molecule has 0 saturated carbocycles. The van der Waals surface area contributed by atoms with E-state index in [0.717, 1.165) is 37.3 Å². The van der Waals surface area contributed by atoms with Gasteiger partial charge in [-0.3, -0.25) is 19.7 Å². The van der Waals surface area contributed by atoms with Gasteiger partial charge in [-0.1, -0.05) is 6.07 Å². The third-order valence-electron chi connectivity index (χ3n) is 5.23. The summed E-state index contributed by atoms with van der Waals surface area (Å²) in [5.41, 5.74) is 0.403. The number of aromatic nitrogens is 1. The van der Waals surface area contributed by atoms with Crippen LogP contribution in [0.2, 0.25) is 0 Å². The first kappa shape index (κ1) is 20.3. The molecule has 0 spiro atoms. The molecule has 2 aliphatic heterocycles. The summed E-state index contributed by atoms with van der Waals surface area (Å²) in [4.78, 5) is 42.0. The van der Waals surface area contributed by atoms with Crippen molar-refractivity contribution in [3.05, 3.63) is 23.9 Å². The lowest BCUT2D eigenvalue weighted by Gasteiger charge is -2.33. The zero-order valence-corrected chi connectivity index (χ0v) is 16.9. The average Bonchev–Trinajstić information content (AvgIpc) is 2.61. The molecule has 2 aliphatic rings. The normalized spacial score (nSPS) is 21.4. The number of carbonyl (C=O) groups excluding carboxylic acids is 3. The lowest BCUT2D eigenvalue weighted by Crippen LogP contribution is -2.39. The van der Waals surface area contributed by atoms with E-state index in [2.05, 4.69) is 15.2 Å². The van der Waals surface area contributed by atoms with Gasteiger partial charge in [0.05, 0.1) is 5.92 Å². The summed E-state index contributed by atoms with van der Waals surface area (Å²) in [6.45, 7) is 7.35. The topological polar surface area (TPSA) is 88.6 Å². The van der Waals surface area contributed by atoms with Gasteiger partial charge in [0.15, 0.2) is 0 Å². The number of piperidine rings is 2. The first-order valence-electron chi connectivity index (χ1n) is 9.98. The molecule has 1 N–H and O–H groups in total. The van der Waals surface area contributed by atoms with Crippen molar-refractivity contribution in [1.82, 2.24) is 10.3 Å². The summed E-state index contributed by atoms with van der Waals surface area (Å²) >= 11 is 0. The van der Waals surface area contributed by atoms with E-state index < -0.39 is 5.60 Å². The Labute approximate surface area is 165 Å². The zero-order chi connectivity index (χ0) is 20.3. The van der Waals surface area contributed by atoms with E-state index in [4.69, 9.17) is 4.74 Å². The summed E-state index contributed by atoms with van der Waals surface area (Å²) in [6.07, 6.45) is 4.95. The Balaban J connectivity index is 1.51. The van der Waals surface area contributed by atoms with Crippen LogP contribution in [0.15, 0.2) is 18.3 Å². The molecule has 7 heteroatoms. The zero-order valence-electron chi connectivity index (χ0n) is 16.9. The van der Waals surface area contributed by atoms with E-state index in [-0.39, 0.29) is 23.7 Å². The van der Waals surface area contributed by atoms with E-state index in [1.165, 1.54) is 0 Å². The number of amides is 2. The molecule has 3 heterocycles. The molecule has 0 aromatic carbocycles. The van der Waals surface area contributed by atoms with Gasteiger partial charge in [-0.2, -0.15) is 0 Å². The Morgan fingerprint density at radius 2 is 1.93 bits per heavy atom. The van der Waals surface area contributed by atoms with Crippen molar-refractivity contribution >= 4 is 23.6 Å². The van der Waals surface area contributed by atoms with Gasteiger partial charge in [0.25, 0.3) is 0 Å². The van der Waals surface area contributed by atoms with Gasteiger partial charge >= 0.3 is 5.97 Å². The average molecular weight is 387 g/mol. The smallest absolute Gasteiger partial charge is 0.306 e. The fraction of sp³-hybridized carbons (Fsp3) is 0.619. The molecular formula is C21H29N3O4. The van der Waals surface area contributed by atoms with E-state index in [0.29, 0.717) is 25.2 Å². The minimum atomic E-state index is -0.439. The van der Waals surface area contributed by atoms with Crippen LogP contribution in [0.1, 0.15) is 64.4 Å². The van der Waals surface area contributed by atoms with Gasteiger partial charge < -0.3 is 9.64 Å². The molecule has 2 saturated heterocycles. The minimum Gasteiger partial charge on any atom is -0.460 e. The summed E-state index contributed by atoms with van der Waals surface area (Å²) < 4.78 is 5.42. The van der Waals surface area contributed by atoms with Crippen molar-refractivity contribution in [3.63, 3.8) is 0 Å². The molecule has 152 valence electrons. The van der Waals surface area contributed by atoms with Gasteiger partial charge in [-0.15, -0.1) is 0 Å². The maximum absolute atomic E-state index is 12.0. The first-order valence-corrected chi connectivity index (χ1v) is 9.98. The Morgan fingerprint density at radius 1 is 1.21 bits per heavy atom. The maximum atomic E-state index is 12.0. The van der Waals surface area contributed by atoms with Crippen molar-refractivity contribution in [2.75, 3.05) is 18.0 Å². The van der Waals surface area contributed by atoms with E-state index in [1.54, 1.807) is 6.20 Å². The summed E-state index contributed by atoms with van der Waals surface area (Å²) in [7, 11) is 0. The SMILES string of the molecule is CC(C)(C)OC(=O)CC1CCN(c2ccc([C@H]3CCC(=O)NC3=O)cn2)CC1. The molecule has 0 bridgehead atoms. The van der Waals surface area contributed by atoms with Crippen LogP contribution in [0.3, 0.4) is 0 Å². The van der Waals surface area contributed by atoms with E-state index >= 15 is 0 Å². The van der Waals surface area contributed by atoms with Crippen LogP contribution in [-0.4, -0.2) is 41.5 Å². The van der Waals surface area contributed by atoms with Crippen LogP contribution in [0.5, 0.6) is 0 Å². The molecule has 2 fully saturated rings. The number of esters is 1. The minimum absolute atomic E-state index is 0.127. The number of pyridine rings is 1. The fourth-order valence-electron chi connectivity index (χ4n) is 3.79. The van der Waals surface area contributed by atoms with E-state index in [9.17, 15) is 14.4 Å². The summed E-state index contributed by atoms with van der Waals surface area (Å²) in [5, 5.41) is 2.39. The molecule has 7 nitrogen and oxygen atoms in total. The van der Waals surface area contributed by atoms with Crippen LogP contribution < -0.4 is 10.2 Å². The molecule has 0 aliphatic carbocycles. The number of rotatable bonds is 4. The number of hydrogen-bond donors (Lipinski definition) is 1. The highest BCUT2D eigenvalue weighted by molar-refractivity contribution is 6.00. The molecule has 1 aromatic heterocycles. The van der Waals surface area contributed by atoms with Crippen molar-refractivity contribution in [2.45, 2.75) is 64.4 Å². The molecular weight excluding hydrogens is 358 g/mol. The van der Waals surface area contributed by atoms with Crippen molar-refractivity contribution in [2.24, 2.45) is 5.92 Å². The number of ether oxygens (including phenoxy) is 1. The monoisotopic (exact) mass is 387 g/mol. The highest BCUT2D eigenvalue weighted by Gasteiger charge is 2.29.